The Balaban J connectivity index is 1.33. The van der Waals surface area contributed by atoms with Gasteiger partial charge in [-0.05, 0) is 56.2 Å². The van der Waals surface area contributed by atoms with Gasteiger partial charge in [0.1, 0.15) is 12.3 Å². The van der Waals surface area contributed by atoms with Crippen LogP contribution in [0.2, 0.25) is 0 Å². The Kier molecular flexibility index (Phi) is 6.43. The van der Waals surface area contributed by atoms with Crippen molar-refractivity contribution >= 4 is 22.7 Å². The largest absolute Gasteiger partial charge is 0.489 e. The van der Waals surface area contributed by atoms with Crippen molar-refractivity contribution in [2.75, 3.05) is 19.7 Å². The number of benzene rings is 1. The molecule has 200 valence electrons. The third kappa shape index (κ3) is 4.92. The SMILES string of the molecule is Cc1cc(C)c2c(C(=O)N3C[C@@H]4NC(=O)c5ncccc5OCCn5cc(nn5)CO[C@H]4C3)cc(C)nc2c1. The molecule has 6 rings (SSSR count). The molecule has 1 fully saturated rings. The number of amides is 2. The second kappa shape index (κ2) is 10.1. The highest BCUT2D eigenvalue weighted by Gasteiger charge is 2.38. The van der Waals surface area contributed by atoms with E-state index >= 15 is 0 Å². The van der Waals surface area contributed by atoms with Crippen molar-refractivity contribution < 1.29 is 19.1 Å². The number of hydrogen-bond donors (Lipinski definition) is 1. The molecule has 5 heterocycles. The van der Waals surface area contributed by atoms with E-state index in [0.29, 0.717) is 36.7 Å². The minimum absolute atomic E-state index is 0.131. The molecular weight excluding hydrogens is 498 g/mol. The zero-order chi connectivity index (χ0) is 27.1. The number of aryl methyl sites for hydroxylation is 3. The maximum Gasteiger partial charge on any atom is 0.274 e. The highest BCUT2D eigenvalue weighted by Crippen LogP contribution is 2.27. The first-order valence-electron chi connectivity index (χ1n) is 12.9. The van der Waals surface area contributed by atoms with Gasteiger partial charge in [-0.1, -0.05) is 11.3 Å². The number of carbonyl (C=O) groups is 2. The number of nitrogens with one attached hydrogen (secondary N) is 1. The maximum absolute atomic E-state index is 14.0. The number of hydrogen-bond acceptors (Lipinski definition) is 8. The third-order valence-electron chi connectivity index (χ3n) is 7.07. The van der Waals surface area contributed by atoms with Gasteiger partial charge in [0.15, 0.2) is 11.4 Å². The zero-order valence-corrected chi connectivity index (χ0v) is 22.0. The number of pyridine rings is 2. The van der Waals surface area contributed by atoms with E-state index in [1.165, 1.54) is 0 Å². The Labute approximate surface area is 225 Å². The van der Waals surface area contributed by atoms with Crippen LogP contribution in [-0.4, -0.2) is 73.5 Å². The second-order valence-corrected chi connectivity index (χ2v) is 10.1. The number of aromatic nitrogens is 5. The van der Waals surface area contributed by atoms with E-state index in [2.05, 4.69) is 31.7 Å². The summed E-state index contributed by atoms with van der Waals surface area (Å²) in [6.07, 6.45) is 2.90. The molecule has 2 aliphatic heterocycles. The number of nitrogens with zero attached hydrogens (tertiary/aromatic N) is 6. The lowest BCUT2D eigenvalue weighted by Gasteiger charge is -2.20. The summed E-state index contributed by atoms with van der Waals surface area (Å²) < 4.78 is 13.7. The van der Waals surface area contributed by atoms with E-state index in [4.69, 9.17) is 9.47 Å². The summed E-state index contributed by atoms with van der Waals surface area (Å²) in [6, 6.07) is 8.85. The summed E-state index contributed by atoms with van der Waals surface area (Å²) in [5.74, 6) is -0.141. The molecule has 2 bridgehead atoms. The van der Waals surface area contributed by atoms with Crippen molar-refractivity contribution in [1.29, 1.82) is 0 Å². The molecule has 0 radical (unpaired) electrons. The molecule has 2 amide bonds. The van der Waals surface area contributed by atoms with Crippen LogP contribution in [0.1, 0.15) is 43.4 Å². The number of rotatable bonds is 1. The predicted molar refractivity (Wildman–Crippen MR) is 141 cm³/mol. The fraction of sp³-hybridized carbons (Fsp3) is 0.357. The van der Waals surface area contributed by atoms with Gasteiger partial charge in [-0.25, -0.2) is 9.67 Å². The van der Waals surface area contributed by atoms with Gasteiger partial charge in [0, 0.05) is 30.4 Å². The van der Waals surface area contributed by atoms with Crippen LogP contribution in [0.5, 0.6) is 5.75 Å². The molecule has 1 saturated heterocycles. The number of ether oxygens (including phenoxy) is 2. The topological polar surface area (TPSA) is 124 Å². The standard InChI is InChI=1S/C28H29N7O4/c1-16-9-17(2)25-20(11-18(3)30-21(25)10-16)28(37)34-13-22-24(14-34)39-15-19-12-35(33-32-19)7-8-38-23-5-4-6-29-26(23)27(36)31-22/h4-6,9-12,22,24H,7-8,13-15H2,1-3H3,(H,31,36)/t22-,24-/m0/s1. The van der Waals surface area contributed by atoms with E-state index in [0.717, 1.165) is 27.7 Å². The molecule has 2 aliphatic rings. The highest BCUT2D eigenvalue weighted by atomic mass is 16.5. The molecule has 4 aromatic rings. The first-order chi connectivity index (χ1) is 18.9. The molecule has 39 heavy (non-hydrogen) atoms. The van der Waals surface area contributed by atoms with Crippen molar-refractivity contribution in [2.24, 2.45) is 0 Å². The van der Waals surface area contributed by atoms with Crippen LogP contribution in [0.15, 0.2) is 42.7 Å². The lowest BCUT2D eigenvalue weighted by atomic mass is 10.00. The number of fused-ring (bicyclic) bond motifs is 5. The van der Waals surface area contributed by atoms with Crippen LogP contribution in [0, 0.1) is 20.8 Å². The average molecular weight is 528 g/mol. The minimum atomic E-state index is -0.466. The first-order valence-corrected chi connectivity index (χ1v) is 12.9. The Morgan fingerprint density at radius 3 is 2.90 bits per heavy atom. The molecule has 0 saturated carbocycles. The van der Waals surface area contributed by atoms with Crippen LogP contribution in [0.25, 0.3) is 10.9 Å². The van der Waals surface area contributed by atoms with Crippen LogP contribution in [0.4, 0.5) is 0 Å². The van der Waals surface area contributed by atoms with Gasteiger partial charge < -0.3 is 19.7 Å². The van der Waals surface area contributed by atoms with Gasteiger partial charge >= 0.3 is 0 Å². The summed E-state index contributed by atoms with van der Waals surface area (Å²) in [4.78, 5) is 37.9. The fourth-order valence-corrected chi connectivity index (χ4v) is 5.34. The zero-order valence-electron chi connectivity index (χ0n) is 22.0. The summed E-state index contributed by atoms with van der Waals surface area (Å²) in [7, 11) is 0. The molecule has 0 aliphatic carbocycles. The van der Waals surface area contributed by atoms with E-state index in [1.807, 2.05) is 32.9 Å². The number of likely N-dealkylation sites (tertiary alicyclic amines) is 1. The van der Waals surface area contributed by atoms with Crippen LogP contribution >= 0.6 is 0 Å². The molecule has 1 N–H and O–H groups in total. The van der Waals surface area contributed by atoms with Crippen molar-refractivity contribution in [3.05, 3.63) is 76.5 Å². The monoisotopic (exact) mass is 527 g/mol. The van der Waals surface area contributed by atoms with Crippen LogP contribution < -0.4 is 10.1 Å². The van der Waals surface area contributed by atoms with Gasteiger partial charge in [-0.2, -0.15) is 0 Å². The molecule has 2 atom stereocenters. The van der Waals surface area contributed by atoms with E-state index in [1.54, 1.807) is 34.1 Å². The van der Waals surface area contributed by atoms with Gasteiger partial charge in [0.25, 0.3) is 11.8 Å². The lowest BCUT2D eigenvalue weighted by Crippen LogP contribution is -2.44. The maximum atomic E-state index is 14.0. The molecular formula is C28H29N7O4. The fourth-order valence-electron chi connectivity index (χ4n) is 5.34. The van der Waals surface area contributed by atoms with Crippen molar-refractivity contribution in [2.45, 2.75) is 46.1 Å². The normalized spacial score (nSPS) is 19.6. The summed E-state index contributed by atoms with van der Waals surface area (Å²) >= 11 is 0. The predicted octanol–water partition coefficient (Wildman–Crippen LogP) is 2.38. The van der Waals surface area contributed by atoms with Gasteiger partial charge in [-0.15, -0.1) is 5.10 Å². The van der Waals surface area contributed by atoms with Gasteiger partial charge in [0.2, 0.25) is 0 Å². The first kappa shape index (κ1) is 24.9. The highest BCUT2D eigenvalue weighted by molar-refractivity contribution is 6.07. The van der Waals surface area contributed by atoms with E-state index < -0.39 is 12.1 Å². The van der Waals surface area contributed by atoms with Crippen molar-refractivity contribution in [1.82, 2.24) is 35.2 Å². The quantitative estimate of drug-likeness (QED) is 0.400. The molecule has 3 aromatic heterocycles. The van der Waals surface area contributed by atoms with Crippen molar-refractivity contribution in [3.63, 3.8) is 0 Å². The molecule has 11 nitrogen and oxygen atoms in total. The Morgan fingerprint density at radius 2 is 2.03 bits per heavy atom. The summed E-state index contributed by atoms with van der Waals surface area (Å²) in [6.45, 7) is 7.43. The van der Waals surface area contributed by atoms with Gasteiger partial charge in [0.05, 0.1) is 42.6 Å². The molecule has 11 heteroatoms. The van der Waals surface area contributed by atoms with Crippen LogP contribution in [-0.2, 0) is 17.9 Å². The third-order valence-corrected chi connectivity index (χ3v) is 7.07. The summed E-state index contributed by atoms with van der Waals surface area (Å²) in [5, 5.41) is 12.2. The Hall–Kier alpha value is -4.38. The Morgan fingerprint density at radius 1 is 1.15 bits per heavy atom. The lowest BCUT2D eigenvalue weighted by molar-refractivity contribution is 0.0290. The molecule has 1 aromatic carbocycles. The Bertz CT molecular complexity index is 1580. The molecule has 0 spiro atoms. The van der Waals surface area contributed by atoms with E-state index in [9.17, 15) is 9.59 Å². The second-order valence-electron chi connectivity index (χ2n) is 10.1. The summed E-state index contributed by atoms with van der Waals surface area (Å²) in [5.41, 5.74) is 5.08. The minimum Gasteiger partial charge on any atom is -0.489 e. The number of carbonyl (C=O) groups excluding carboxylic acids is 2. The van der Waals surface area contributed by atoms with E-state index in [-0.39, 0.29) is 30.7 Å². The van der Waals surface area contributed by atoms with Crippen molar-refractivity contribution in [3.8, 4) is 5.75 Å². The smallest absolute Gasteiger partial charge is 0.274 e. The van der Waals surface area contributed by atoms with Gasteiger partial charge in [-0.3, -0.25) is 14.6 Å². The average Bonchev–Trinajstić information content (AvgIpc) is 3.52. The molecule has 0 unspecified atom stereocenters. The van der Waals surface area contributed by atoms with Crippen LogP contribution in [0.3, 0.4) is 0 Å².